The van der Waals surface area contributed by atoms with E-state index in [1.165, 1.54) is 0 Å². The van der Waals surface area contributed by atoms with Crippen molar-refractivity contribution in [3.8, 4) is 0 Å². The van der Waals surface area contributed by atoms with E-state index in [1.807, 2.05) is 0 Å². The smallest absolute Gasteiger partial charge is 0.248 e. The van der Waals surface area contributed by atoms with Crippen LogP contribution in [0.5, 0.6) is 0 Å². The molecule has 2 aliphatic carbocycles. The first-order chi connectivity index (χ1) is 8.98. The maximum Gasteiger partial charge on any atom is 0.248 e. The van der Waals surface area contributed by atoms with Crippen LogP contribution in [-0.2, 0) is 4.79 Å². The van der Waals surface area contributed by atoms with Crippen molar-refractivity contribution >= 4 is 5.91 Å². The van der Waals surface area contributed by atoms with E-state index in [0.717, 1.165) is 25.7 Å². The van der Waals surface area contributed by atoms with Crippen molar-refractivity contribution in [2.45, 2.75) is 75.9 Å². The normalized spacial score (nSPS) is 32.6. The molecule has 0 radical (unpaired) electrons. The minimum atomic E-state index is -2.60. The molecule has 2 aliphatic rings. The number of aliphatic hydroxyl groups excluding tert-OH is 1. The van der Waals surface area contributed by atoms with Gasteiger partial charge in [0.2, 0.25) is 11.8 Å². The van der Waals surface area contributed by atoms with Gasteiger partial charge in [0, 0.05) is 18.8 Å². The van der Waals surface area contributed by atoms with E-state index in [2.05, 4.69) is 5.32 Å². The maximum absolute atomic E-state index is 13.0. The van der Waals surface area contributed by atoms with Crippen LogP contribution < -0.4 is 5.32 Å². The Labute approximate surface area is 112 Å². The number of hydrogen-bond acceptors (Lipinski definition) is 2. The number of alkyl halides is 2. The lowest BCUT2D eigenvalue weighted by molar-refractivity contribution is -0.130. The lowest BCUT2D eigenvalue weighted by Gasteiger charge is -2.29. The summed E-state index contributed by atoms with van der Waals surface area (Å²) in [6.07, 6.45) is 4.20. The van der Waals surface area contributed by atoms with Gasteiger partial charge in [-0.25, -0.2) is 8.78 Å². The highest BCUT2D eigenvalue weighted by molar-refractivity contribution is 5.79. The predicted molar refractivity (Wildman–Crippen MR) is 67.9 cm³/mol. The van der Waals surface area contributed by atoms with Crippen LogP contribution in [0, 0.1) is 5.92 Å². The molecule has 2 N–H and O–H groups in total. The zero-order chi connectivity index (χ0) is 13.9. The van der Waals surface area contributed by atoms with Crippen LogP contribution in [0.15, 0.2) is 0 Å². The van der Waals surface area contributed by atoms with Gasteiger partial charge in [0.25, 0.3) is 0 Å². The molecule has 2 atom stereocenters. The Bertz CT molecular complexity index is 313. The molecule has 3 nitrogen and oxygen atoms in total. The first-order valence-electron chi connectivity index (χ1n) is 7.34. The van der Waals surface area contributed by atoms with Crippen LogP contribution >= 0.6 is 0 Å². The van der Waals surface area contributed by atoms with Gasteiger partial charge in [-0.2, -0.15) is 0 Å². The van der Waals surface area contributed by atoms with Gasteiger partial charge in [-0.15, -0.1) is 0 Å². The van der Waals surface area contributed by atoms with E-state index in [-0.39, 0.29) is 43.6 Å². The summed E-state index contributed by atoms with van der Waals surface area (Å²) in [6, 6.07) is -0.197. The van der Waals surface area contributed by atoms with E-state index >= 15 is 0 Å². The highest BCUT2D eigenvalue weighted by atomic mass is 19.3. The molecule has 19 heavy (non-hydrogen) atoms. The van der Waals surface area contributed by atoms with E-state index in [9.17, 15) is 18.7 Å². The van der Waals surface area contributed by atoms with Crippen molar-refractivity contribution in [3.63, 3.8) is 0 Å². The van der Waals surface area contributed by atoms with Crippen LogP contribution in [0.4, 0.5) is 8.78 Å². The lowest BCUT2D eigenvalue weighted by atomic mass is 9.86. The minimum Gasteiger partial charge on any atom is -0.391 e. The second kappa shape index (κ2) is 6.16. The second-order valence-corrected chi connectivity index (χ2v) is 5.95. The third kappa shape index (κ3) is 4.13. The molecule has 0 heterocycles. The molecule has 2 fully saturated rings. The Morgan fingerprint density at radius 1 is 1.05 bits per heavy atom. The second-order valence-electron chi connectivity index (χ2n) is 5.95. The lowest BCUT2D eigenvalue weighted by Crippen LogP contribution is -2.46. The van der Waals surface area contributed by atoms with Gasteiger partial charge in [0.1, 0.15) is 0 Å². The molecule has 110 valence electrons. The Morgan fingerprint density at radius 2 is 1.68 bits per heavy atom. The largest absolute Gasteiger partial charge is 0.391 e. The van der Waals surface area contributed by atoms with Crippen molar-refractivity contribution in [1.29, 1.82) is 0 Å². The van der Waals surface area contributed by atoms with E-state index in [0.29, 0.717) is 6.42 Å². The number of hydrogen-bond donors (Lipinski definition) is 2. The molecule has 5 heteroatoms. The summed E-state index contributed by atoms with van der Waals surface area (Å²) in [5.74, 6) is -3.06. The Kier molecular flexibility index (Phi) is 4.76. The van der Waals surface area contributed by atoms with Crippen molar-refractivity contribution in [2.75, 3.05) is 0 Å². The topological polar surface area (TPSA) is 49.3 Å². The fraction of sp³-hybridized carbons (Fsp3) is 0.929. The Hall–Kier alpha value is -0.710. The summed E-state index contributed by atoms with van der Waals surface area (Å²) >= 11 is 0. The van der Waals surface area contributed by atoms with Crippen molar-refractivity contribution in [3.05, 3.63) is 0 Å². The van der Waals surface area contributed by atoms with Gasteiger partial charge in [-0.1, -0.05) is 19.3 Å². The molecule has 0 aromatic heterocycles. The van der Waals surface area contributed by atoms with Crippen molar-refractivity contribution in [2.24, 2.45) is 5.92 Å². The SMILES string of the molecule is O=C(NC1CCCCCC1O)C1CCC(F)(F)CC1. The molecule has 1 amide bonds. The summed E-state index contributed by atoms with van der Waals surface area (Å²) in [6.45, 7) is 0. The predicted octanol–water partition coefficient (Wildman–Crippen LogP) is 2.62. The van der Waals surface area contributed by atoms with Crippen molar-refractivity contribution < 1.29 is 18.7 Å². The van der Waals surface area contributed by atoms with E-state index in [4.69, 9.17) is 0 Å². The monoisotopic (exact) mass is 275 g/mol. The van der Waals surface area contributed by atoms with Gasteiger partial charge < -0.3 is 10.4 Å². The molecule has 0 aromatic rings. The van der Waals surface area contributed by atoms with Gasteiger partial charge in [0.05, 0.1) is 12.1 Å². The van der Waals surface area contributed by atoms with Crippen LogP contribution in [0.3, 0.4) is 0 Å². The number of nitrogens with one attached hydrogen (secondary N) is 1. The zero-order valence-electron chi connectivity index (χ0n) is 11.2. The molecule has 2 unspecified atom stereocenters. The summed E-state index contributed by atoms with van der Waals surface area (Å²) in [5.41, 5.74) is 0. The van der Waals surface area contributed by atoms with Crippen LogP contribution in [0.1, 0.15) is 57.8 Å². The molecular weight excluding hydrogens is 252 g/mol. The summed E-state index contributed by atoms with van der Waals surface area (Å²) in [4.78, 5) is 12.1. The van der Waals surface area contributed by atoms with Gasteiger partial charge in [0.15, 0.2) is 0 Å². The van der Waals surface area contributed by atoms with Crippen LogP contribution in [-0.4, -0.2) is 29.1 Å². The molecule has 0 bridgehead atoms. The molecular formula is C14H23F2NO2. The molecule has 2 saturated carbocycles. The molecule has 0 aliphatic heterocycles. The summed E-state index contributed by atoms with van der Waals surface area (Å²) in [7, 11) is 0. The molecule has 2 rings (SSSR count). The third-order valence-corrected chi connectivity index (χ3v) is 4.40. The van der Waals surface area contributed by atoms with Gasteiger partial charge in [-0.3, -0.25) is 4.79 Å². The van der Waals surface area contributed by atoms with E-state index < -0.39 is 12.0 Å². The van der Waals surface area contributed by atoms with Gasteiger partial charge >= 0.3 is 0 Å². The summed E-state index contributed by atoms with van der Waals surface area (Å²) in [5, 5.41) is 12.8. The highest BCUT2D eigenvalue weighted by Gasteiger charge is 2.38. The minimum absolute atomic E-state index is 0.151. The number of carbonyl (C=O) groups is 1. The number of rotatable bonds is 2. The third-order valence-electron chi connectivity index (χ3n) is 4.40. The van der Waals surface area contributed by atoms with Crippen LogP contribution in [0.25, 0.3) is 0 Å². The quantitative estimate of drug-likeness (QED) is 0.761. The number of aliphatic hydroxyl groups is 1. The fourth-order valence-corrected chi connectivity index (χ4v) is 3.06. The van der Waals surface area contributed by atoms with Crippen LogP contribution in [0.2, 0.25) is 0 Å². The molecule has 0 spiro atoms. The Morgan fingerprint density at radius 3 is 2.37 bits per heavy atom. The fourth-order valence-electron chi connectivity index (χ4n) is 3.06. The Balaban J connectivity index is 1.83. The first kappa shape index (κ1) is 14.7. The molecule has 0 aromatic carbocycles. The number of halogens is 2. The van der Waals surface area contributed by atoms with E-state index in [1.54, 1.807) is 0 Å². The standard InChI is InChI=1S/C14H23F2NO2/c15-14(16)8-6-10(7-9-14)13(19)17-11-4-2-1-3-5-12(11)18/h10-12,18H,1-9H2,(H,17,19). The number of carbonyl (C=O) groups excluding carboxylic acids is 1. The summed E-state index contributed by atoms with van der Waals surface area (Å²) < 4.78 is 26.1. The average Bonchev–Trinajstić information content (AvgIpc) is 2.55. The average molecular weight is 275 g/mol. The van der Waals surface area contributed by atoms with Crippen molar-refractivity contribution in [1.82, 2.24) is 5.32 Å². The maximum atomic E-state index is 13.0. The molecule has 0 saturated heterocycles. The van der Waals surface area contributed by atoms with Gasteiger partial charge in [-0.05, 0) is 25.7 Å². The zero-order valence-corrected chi connectivity index (χ0v) is 11.2. The first-order valence-corrected chi connectivity index (χ1v) is 7.34. The number of amides is 1. The highest BCUT2D eigenvalue weighted by Crippen LogP contribution is 2.36.